The number of thiocarbonyl (C=S) groups is 1. The summed E-state index contributed by atoms with van der Waals surface area (Å²) in [6, 6.07) is 6.18. The van der Waals surface area contributed by atoms with Gasteiger partial charge in [-0.25, -0.2) is 0 Å². The predicted octanol–water partition coefficient (Wildman–Crippen LogP) is 3.18. The summed E-state index contributed by atoms with van der Waals surface area (Å²) in [6.07, 6.45) is 3.53. The van der Waals surface area contributed by atoms with E-state index in [0.717, 1.165) is 44.7 Å². The summed E-state index contributed by atoms with van der Waals surface area (Å²) in [5, 5.41) is 7.12. The first-order valence-corrected chi connectivity index (χ1v) is 8.38. The molecule has 0 unspecified atom stereocenters. The molecule has 0 aromatic heterocycles. The number of anilines is 1. The van der Waals surface area contributed by atoms with Gasteiger partial charge in [0, 0.05) is 25.4 Å². The molecule has 0 aliphatic carbocycles. The first-order valence-electron chi connectivity index (χ1n) is 7.97. The molecular formula is C17H26N2O2S. The zero-order chi connectivity index (χ0) is 15.8. The van der Waals surface area contributed by atoms with Crippen LogP contribution in [-0.4, -0.2) is 37.6 Å². The Kier molecular flexibility index (Phi) is 7.09. The monoisotopic (exact) mass is 322 g/mol. The Hall–Kier alpha value is -1.17. The summed E-state index contributed by atoms with van der Waals surface area (Å²) in [5.41, 5.74) is 3.55. The fraction of sp³-hybridized carbons (Fsp3) is 0.588. The molecule has 1 aliphatic rings. The minimum absolute atomic E-state index is 0.306. The summed E-state index contributed by atoms with van der Waals surface area (Å²) < 4.78 is 11.1. The number of hydrogen-bond acceptors (Lipinski definition) is 3. The highest BCUT2D eigenvalue weighted by atomic mass is 32.1. The van der Waals surface area contributed by atoms with Crippen LogP contribution in [0.4, 0.5) is 5.69 Å². The maximum absolute atomic E-state index is 5.62. The third kappa shape index (κ3) is 5.55. The van der Waals surface area contributed by atoms with E-state index in [2.05, 4.69) is 30.5 Å². The van der Waals surface area contributed by atoms with Crippen molar-refractivity contribution in [3.05, 3.63) is 29.3 Å². The van der Waals surface area contributed by atoms with Crippen molar-refractivity contribution >= 4 is 23.0 Å². The van der Waals surface area contributed by atoms with Gasteiger partial charge in [-0.05, 0) is 62.5 Å². The molecule has 1 aliphatic heterocycles. The van der Waals surface area contributed by atoms with Gasteiger partial charge >= 0.3 is 0 Å². The molecule has 1 fully saturated rings. The molecule has 0 bridgehead atoms. The summed E-state index contributed by atoms with van der Waals surface area (Å²) >= 11 is 5.32. The average molecular weight is 322 g/mol. The Balaban J connectivity index is 1.56. The molecule has 0 spiro atoms. The first-order chi connectivity index (χ1) is 10.7. The van der Waals surface area contributed by atoms with E-state index >= 15 is 0 Å². The molecule has 1 aromatic rings. The normalized spacial score (nSPS) is 17.5. The Bertz CT molecular complexity index is 488. The number of benzene rings is 1. The Morgan fingerprint density at radius 1 is 1.41 bits per heavy atom. The zero-order valence-electron chi connectivity index (χ0n) is 13.5. The number of aryl methyl sites for hydroxylation is 1. The maximum Gasteiger partial charge on any atom is 0.170 e. The van der Waals surface area contributed by atoms with Crippen molar-refractivity contribution < 1.29 is 9.47 Å². The molecule has 4 nitrogen and oxygen atoms in total. The quantitative estimate of drug-likeness (QED) is 0.596. The van der Waals surface area contributed by atoms with Crippen molar-refractivity contribution in [3.63, 3.8) is 0 Å². The number of rotatable bonds is 7. The van der Waals surface area contributed by atoms with E-state index in [9.17, 15) is 0 Å². The molecule has 1 heterocycles. The zero-order valence-corrected chi connectivity index (χ0v) is 14.3. The summed E-state index contributed by atoms with van der Waals surface area (Å²) in [5.74, 6) is 0. The number of nitrogens with one attached hydrogen (secondary N) is 2. The second-order valence-corrected chi connectivity index (χ2v) is 6.10. The van der Waals surface area contributed by atoms with Crippen molar-refractivity contribution in [3.8, 4) is 0 Å². The lowest BCUT2D eigenvalue weighted by molar-refractivity contribution is 0.0168. The molecule has 0 radical (unpaired) electrons. The molecular weight excluding hydrogens is 296 g/mol. The molecule has 2 rings (SSSR count). The standard InChI is InChI=1S/C17H26N2O2S/c1-13-6-3-8-16(14(13)2)19-17(22)18-9-5-10-20-12-15-7-4-11-21-15/h3,6,8,15H,4-5,7,9-12H2,1-2H3,(H2,18,19,22)/t15-/m0/s1. The lowest BCUT2D eigenvalue weighted by Crippen LogP contribution is -2.30. The number of ether oxygens (including phenoxy) is 2. The minimum Gasteiger partial charge on any atom is -0.379 e. The molecule has 1 atom stereocenters. The molecule has 22 heavy (non-hydrogen) atoms. The SMILES string of the molecule is Cc1cccc(NC(=S)NCCCOC[C@@H]2CCCO2)c1C. The van der Waals surface area contributed by atoms with Gasteiger partial charge in [0.2, 0.25) is 0 Å². The van der Waals surface area contributed by atoms with Gasteiger partial charge in [0.15, 0.2) is 5.11 Å². The second kappa shape index (κ2) is 9.08. The molecule has 122 valence electrons. The fourth-order valence-corrected chi connectivity index (χ4v) is 2.63. The van der Waals surface area contributed by atoms with Crippen LogP contribution in [0.15, 0.2) is 18.2 Å². The fourth-order valence-electron chi connectivity index (χ4n) is 2.42. The van der Waals surface area contributed by atoms with E-state index in [4.69, 9.17) is 21.7 Å². The van der Waals surface area contributed by atoms with Crippen molar-refractivity contribution in [2.75, 3.05) is 31.7 Å². The maximum atomic E-state index is 5.62. The Morgan fingerprint density at radius 2 is 2.27 bits per heavy atom. The lowest BCUT2D eigenvalue weighted by Gasteiger charge is -2.14. The van der Waals surface area contributed by atoms with Crippen LogP contribution in [0.2, 0.25) is 0 Å². The van der Waals surface area contributed by atoms with Crippen molar-refractivity contribution in [2.24, 2.45) is 0 Å². The van der Waals surface area contributed by atoms with Gasteiger partial charge in [0.1, 0.15) is 0 Å². The summed E-state index contributed by atoms with van der Waals surface area (Å²) in [7, 11) is 0. The van der Waals surface area contributed by atoms with E-state index in [0.29, 0.717) is 17.8 Å². The predicted molar refractivity (Wildman–Crippen MR) is 94.5 cm³/mol. The van der Waals surface area contributed by atoms with Crippen LogP contribution in [0, 0.1) is 13.8 Å². The van der Waals surface area contributed by atoms with E-state index < -0.39 is 0 Å². The molecule has 0 amide bonds. The molecule has 5 heteroatoms. The Morgan fingerprint density at radius 3 is 3.05 bits per heavy atom. The topological polar surface area (TPSA) is 42.5 Å². The van der Waals surface area contributed by atoms with Crippen LogP contribution in [0.5, 0.6) is 0 Å². The molecule has 1 saturated heterocycles. The van der Waals surface area contributed by atoms with E-state index in [-0.39, 0.29) is 0 Å². The molecule has 0 saturated carbocycles. The minimum atomic E-state index is 0.306. The van der Waals surface area contributed by atoms with Crippen LogP contribution in [0.1, 0.15) is 30.4 Å². The molecule has 1 aromatic carbocycles. The molecule has 2 N–H and O–H groups in total. The van der Waals surface area contributed by atoms with E-state index in [1.807, 2.05) is 12.1 Å². The van der Waals surface area contributed by atoms with Crippen LogP contribution < -0.4 is 10.6 Å². The highest BCUT2D eigenvalue weighted by molar-refractivity contribution is 7.80. The van der Waals surface area contributed by atoms with Gasteiger partial charge in [-0.2, -0.15) is 0 Å². The van der Waals surface area contributed by atoms with Gasteiger partial charge < -0.3 is 20.1 Å². The van der Waals surface area contributed by atoms with Gasteiger partial charge in [0.25, 0.3) is 0 Å². The van der Waals surface area contributed by atoms with Crippen LogP contribution in [0.3, 0.4) is 0 Å². The van der Waals surface area contributed by atoms with Crippen LogP contribution >= 0.6 is 12.2 Å². The third-order valence-electron chi connectivity index (χ3n) is 3.93. The smallest absolute Gasteiger partial charge is 0.170 e. The van der Waals surface area contributed by atoms with Crippen molar-refractivity contribution in [1.29, 1.82) is 0 Å². The average Bonchev–Trinajstić information content (AvgIpc) is 3.01. The van der Waals surface area contributed by atoms with Crippen LogP contribution in [-0.2, 0) is 9.47 Å². The number of hydrogen-bond donors (Lipinski definition) is 2. The Labute approximate surface area is 138 Å². The summed E-state index contributed by atoms with van der Waals surface area (Å²) in [4.78, 5) is 0. The van der Waals surface area contributed by atoms with Gasteiger partial charge in [-0.15, -0.1) is 0 Å². The van der Waals surface area contributed by atoms with E-state index in [1.54, 1.807) is 0 Å². The van der Waals surface area contributed by atoms with Gasteiger partial charge in [0.05, 0.1) is 12.7 Å². The first kappa shape index (κ1) is 17.2. The van der Waals surface area contributed by atoms with Gasteiger partial charge in [-0.1, -0.05) is 12.1 Å². The van der Waals surface area contributed by atoms with Crippen molar-refractivity contribution in [1.82, 2.24) is 5.32 Å². The van der Waals surface area contributed by atoms with Crippen LogP contribution in [0.25, 0.3) is 0 Å². The van der Waals surface area contributed by atoms with Gasteiger partial charge in [-0.3, -0.25) is 0 Å². The highest BCUT2D eigenvalue weighted by Gasteiger charge is 2.14. The largest absolute Gasteiger partial charge is 0.379 e. The summed E-state index contributed by atoms with van der Waals surface area (Å²) in [6.45, 7) is 7.34. The highest BCUT2D eigenvalue weighted by Crippen LogP contribution is 2.17. The second-order valence-electron chi connectivity index (χ2n) is 5.69. The van der Waals surface area contributed by atoms with Crippen molar-refractivity contribution in [2.45, 2.75) is 39.2 Å². The lowest BCUT2D eigenvalue weighted by atomic mass is 10.1. The van der Waals surface area contributed by atoms with E-state index in [1.165, 1.54) is 11.1 Å². The third-order valence-corrected chi connectivity index (χ3v) is 4.18.